The van der Waals surface area contributed by atoms with E-state index in [1.165, 1.54) is 16.5 Å². The first kappa shape index (κ1) is 20.6. The van der Waals surface area contributed by atoms with Crippen LogP contribution in [0.2, 0.25) is 0 Å². The summed E-state index contributed by atoms with van der Waals surface area (Å²) in [6.45, 7) is 1.32. The standard InChI is InChI=1S/C28H26N4O/c1-2-6-21(7-3-1)20-33-28-18-24(32-23-13-15-29-16-14-23)10-11-27(28)30-17-12-22-19-31-26-9-5-4-8-25(22)26/h1-11,13-16,18-19,30-31H,12,17,20H2,(H,29,32). The third-order valence-electron chi connectivity index (χ3n) is 5.57. The highest BCUT2D eigenvalue weighted by Crippen LogP contribution is 2.31. The Morgan fingerprint density at radius 2 is 1.64 bits per heavy atom. The number of aromatic nitrogens is 2. The molecule has 0 fully saturated rings. The van der Waals surface area contributed by atoms with Crippen molar-refractivity contribution in [1.82, 2.24) is 9.97 Å². The van der Waals surface area contributed by atoms with Crippen LogP contribution in [0, 0.1) is 0 Å². The summed E-state index contributed by atoms with van der Waals surface area (Å²) in [5.41, 5.74) is 6.54. The van der Waals surface area contributed by atoms with Gasteiger partial charge in [-0.15, -0.1) is 0 Å². The Kier molecular flexibility index (Phi) is 6.20. The van der Waals surface area contributed by atoms with Crippen molar-refractivity contribution in [2.45, 2.75) is 13.0 Å². The van der Waals surface area contributed by atoms with Crippen LogP contribution in [0.4, 0.5) is 17.1 Å². The lowest BCUT2D eigenvalue weighted by molar-refractivity contribution is 0.308. The lowest BCUT2D eigenvalue weighted by Gasteiger charge is -2.16. The molecule has 0 aliphatic heterocycles. The maximum Gasteiger partial charge on any atom is 0.144 e. The van der Waals surface area contributed by atoms with Gasteiger partial charge in [0, 0.05) is 53.5 Å². The smallest absolute Gasteiger partial charge is 0.144 e. The molecule has 33 heavy (non-hydrogen) atoms. The van der Waals surface area contributed by atoms with Crippen molar-refractivity contribution in [3.8, 4) is 5.75 Å². The van der Waals surface area contributed by atoms with E-state index in [0.717, 1.165) is 41.3 Å². The largest absolute Gasteiger partial charge is 0.487 e. The third kappa shape index (κ3) is 5.15. The van der Waals surface area contributed by atoms with Gasteiger partial charge in [-0.2, -0.15) is 0 Å². The van der Waals surface area contributed by atoms with Gasteiger partial charge >= 0.3 is 0 Å². The normalized spacial score (nSPS) is 10.8. The second-order valence-electron chi connectivity index (χ2n) is 7.88. The van der Waals surface area contributed by atoms with Crippen molar-refractivity contribution in [3.05, 3.63) is 115 Å². The van der Waals surface area contributed by atoms with Crippen molar-refractivity contribution in [3.63, 3.8) is 0 Å². The molecular weight excluding hydrogens is 408 g/mol. The maximum absolute atomic E-state index is 6.24. The molecule has 0 bridgehead atoms. The van der Waals surface area contributed by atoms with E-state index < -0.39 is 0 Å². The first-order chi connectivity index (χ1) is 16.3. The van der Waals surface area contributed by atoms with Crippen LogP contribution in [0.1, 0.15) is 11.1 Å². The molecule has 0 aliphatic carbocycles. The molecule has 0 saturated carbocycles. The number of hydrogen-bond donors (Lipinski definition) is 3. The molecule has 0 unspecified atom stereocenters. The minimum Gasteiger partial charge on any atom is -0.487 e. The van der Waals surface area contributed by atoms with Gasteiger partial charge < -0.3 is 20.4 Å². The van der Waals surface area contributed by atoms with Crippen LogP contribution in [-0.2, 0) is 13.0 Å². The highest BCUT2D eigenvalue weighted by atomic mass is 16.5. The Hall–Kier alpha value is -4.25. The number of rotatable bonds is 9. The average molecular weight is 435 g/mol. The predicted octanol–water partition coefficient (Wildman–Crippen LogP) is 6.54. The summed E-state index contributed by atoms with van der Waals surface area (Å²) in [5.74, 6) is 0.817. The van der Waals surface area contributed by atoms with Gasteiger partial charge in [-0.3, -0.25) is 4.98 Å². The zero-order chi connectivity index (χ0) is 22.3. The Labute approximate surface area is 193 Å². The van der Waals surface area contributed by atoms with E-state index in [-0.39, 0.29) is 0 Å². The van der Waals surface area contributed by atoms with Crippen LogP contribution >= 0.6 is 0 Å². The molecule has 0 aliphatic rings. The van der Waals surface area contributed by atoms with Crippen LogP contribution in [0.3, 0.4) is 0 Å². The summed E-state index contributed by atoms with van der Waals surface area (Å²) in [6, 6.07) is 28.7. The first-order valence-corrected chi connectivity index (χ1v) is 11.1. The van der Waals surface area contributed by atoms with Crippen molar-refractivity contribution >= 4 is 28.0 Å². The molecular formula is C28H26N4O. The molecule has 5 aromatic rings. The van der Waals surface area contributed by atoms with Gasteiger partial charge in [0.15, 0.2) is 0 Å². The fraction of sp³-hybridized carbons (Fsp3) is 0.107. The molecule has 5 rings (SSSR count). The molecule has 0 saturated heterocycles. The van der Waals surface area contributed by atoms with E-state index >= 15 is 0 Å². The summed E-state index contributed by atoms with van der Waals surface area (Å²) in [6.07, 6.45) is 6.56. The van der Waals surface area contributed by atoms with Gasteiger partial charge in [0.25, 0.3) is 0 Å². The zero-order valence-corrected chi connectivity index (χ0v) is 18.3. The van der Waals surface area contributed by atoms with Crippen LogP contribution in [0.15, 0.2) is 104 Å². The summed E-state index contributed by atoms with van der Waals surface area (Å²) >= 11 is 0. The minimum atomic E-state index is 0.511. The molecule has 5 nitrogen and oxygen atoms in total. The molecule has 164 valence electrons. The molecule has 0 spiro atoms. The summed E-state index contributed by atoms with van der Waals surface area (Å²) in [5, 5.41) is 8.26. The SMILES string of the molecule is c1ccc(COc2cc(Nc3ccncc3)ccc2NCCc2c[nH]c3ccccc23)cc1. The monoisotopic (exact) mass is 434 g/mol. The van der Waals surface area contributed by atoms with Gasteiger partial charge in [0.2, 0.25) is 0 Å². The lowest BCUT2D eigenvalue weighted by Crippen LogP contribution is -2.07. The number of para-hydroxylation sites is 1. The Balaban J connectivity index is 1.31. The number of nitrogens with one attached hydrogen (secondary N) is 3. The second kappa shape index (κ2) is 9.92. The number of hydrogen-bond acceptors (Lipinski definition) is 4. The van der Waals surface area contributed by atoms with E-state index in [4.69, 9.17) is 4.74 Å². The number of pyridine rings is 1. The fourth-order valence-corrected chi connectivity index (χ4v) is 3.87. The van der Waals surface area contributed by atoms with Gasteiger partial charge in [-0.05, 0) is 47.9 Å². The predicted molar refractivity (Wildman–Crippen MR) is 135 cm³/mol. The van der Waals surface area contributed by atoms with Crippen molar-refractivity contribution in [2.24, 2.45) is 0 Å². The summed E-state index contributed by atoms with van der Waals surface area (Å²) in [4.78, 5) is 7.43. The fourth-order valence-electron chi connectivity index (χ4n) is 3.87. The highest BCUT2D eigenvalue weighted by Gasteiger charge is 2.08. The Morgan fingerprint density at radius 1 is 0.818 bits per heavy atom. The number of fused-ring (bicyclic) bond motifs is 1. The minimum absolute atomic E-state index is 0.511. The Morgan fingerprint density at radius 3 is 2.52 bits per heavy atom. The van der Waals surface area contributed by atoms with Gasteiger partial charge in [-0.1, -0.05) is 48.5 Å². The molecule has 2 aromatic heterocycles. The third-order valence-corrected chi connectivity index (χ3v) is 5.57. The molecule has 5 heteroatoms. The van der Waals surface area contributed by atoms with Gasteiger partial charge in [0.1, 0.15) is 12.4 Å². The Bertz CT molecular complexity index is 1320. The van der Waals surface area contributed by atoms with Crippen molar-refractivity contribution in [1.29, 1.82) is 0 Å². The van der Waals surface area contributed by atoms with E-state index in [1.807, 2.05) is 36.4 Å². The van der Waals surface area contributed by atoms with Crippen molar-refractivity contribution < 1.29 is 4.74 Å². The number of anilines is 3. The van der Waals surface area contributed by atoms with Crippen LogP contribution in [0.25, 0.3) is 10.9 Å². The van der Waals surface area contributed by atoms with Gasteiger partial charge in [-0.25, -0.2) is 0 Å². The van der Waals surface area contributed by atoms with E-state index in [2.05, 4.69) is 75.3 Å². The number of nitrogens with zero attached hydrogens (tertiary/aromatic N) is 1. The first-order valence-electron chi connectivity index (χ1n) is 11.1. The van der Waals surface area contributed by atoms with Crippen LogP contribution in [0.5, 0.6) is 5.75 Å². The molecule has 0 atom stereocenters. The number of aromatic amines is 1. The summed E-state index contributed by atoms with van der Waals surface area (Å²) < 4.78 is 6.24. The molecule has 2 heterocycles. The molecule has 0 amide bonds. The van der Waals surface area contributed by atoms with Crippen LogP contribution in [-0.4, -0.2) is 16.5 Å². The second-order valence-corrected chi connectivity index (χ2v) is 7.88. The molecule has 3 aromatic carbocycles. The lowest BCUT2D eigenvalue weighted by atomic mass is 10.1. The van der Waals surface area contributed by atoms with Crippen LogP contribution < -0.4 is 15.4 Å². The number of benzene rings is 3. The summed E-state index contributed by atoms with van der Waals surface area (Å²) in [7, 11) is 0. The number of H-pyrrole nitrogens is 1. The topological polar surface area (TPSA) is 62.0 Å². The van der Waals surface area contributed by atoms with E-state index in [0.29, 0.717) is 6.61 Å². The molecule has 0 radical (unpaired) electrons. The van der Waals surface area contributed by atoms with E-state index in [1.54, 1.807) is 12.4 Å². The van der Waals surface area contributed by atoms with E-state index in [9.17, 15) is 0 Å². The highest BCUT2D eigenvalue weighted by molar-refractivity contribution is 5.83. The quantitative estimate of drug-likeness (QED) is 0.246. The molecule has 3 N–H and O–H groups in total. The van der Waals surface area contributed by atoms with Gasteiger partial charge in [0.05, 0.1) is 5.69 Å². The maximum atomic E-state index is 6.24. The average Bonchev–Trinajstić information content (AvgIpc) is 3.28. The number of ether oxygens (including phenoxy) is 1. The van der Waals surface area contributed by atoms with Crippen molar-refractivity contribution in [2.75, 3.05) is 17.2 Å². The zero-order valence-electron chi connectivity index (χ0n) is 18.3.